The lowest BCUT2D eigenvalue weighted by molar-refractivity contribution is -0.118. The largest absolute Gasteiger partial charge is 0.355 e. The molecule has 1 aliphatic rings. The van der Waals surface area contributed by atoms with Gasteiger partial charge in [0, 0.05) is 6.54 Å². The lowest BCUT2D eigenvalue weighted by Gasteiger charge is -2.04. The van der Waals surface area contributed by atoms with Gasteiger partial charge in [0.2, 0.25) is 11.1 Å². The van der Waals surface area contributed by atoms with Crippen LogP contribution in [0.3, 0.4) is 0 Å². The normalized spacial score (nSPS) is 14.7. The maximum Gasteiger partial charge on any atom is 0.230 e. The topological polar surface area (TPSA) is 72.7 Å². The molecule has 1 aliphatic carbocycles. The summed E-state index contributed by atoms with van der Waals surface area (Å²) >= 11 is 1.41. The van der Waals surface area contributed by atoms with E-state index >= 15 is 0 Å². The van der Waals surface area contributed by atoms with Gasteiger partial charge < -0.3 is 5.32 Å². The summed E-state index contributed by atoms with van der Waals surface area (Å²) in [5, 5.41) is 15.2. The fourth-order valence-electron chi connectivity index (χ4n) is 1.61. The highest BCUT2D eigenvalue weighted by Crippen LogP contribution is 2.36. The van der Waals surface area contributed by atoms with Crippen LogP contribution >= 0.6 is 11.8 Å². The van der Waals surface area contributed by atoms with Crippen molar-refractivity contribution >= 4 is 17.7 Å². The Hall–Kier alpha value is -1.11. The van der Waals surface area contributed by atoms with Gasteiger partial charge in [-0.1, -0.05) is 31.5 Å². The van der Waals surface area contributed by atoms with Gasteiger partial charge in [-0.2, -0.15) is 0 Å². The van der Waals surface area contributed by atoms with E-state index < -0.39 is 0 Å². The van der Waals surface area contributed by atoms with Crippen LogP contribution in [0.15, 0.2) is 5.16 Å². The summed E-state index contributed by atoms with van der Waals surface area (Å²) in [5.41, 5.74) is 0. The van der Waals surface area contributed by atoms with Crippen molar-refractivity contribution in [1.82, 2.24) is 25.5 Å². The lowest BCUT2D eigenvalue weighted by Crippen LogP contribution is -2.26. The summed E-state index contributed by atoms with van der Waals surface area (Å²) in [7, 11) is 0. The van der Waals surface area contributed by atoms with Crippen LogP contribution < -0.4 is 5.32 Å². The maximum atomic E-state index is 11.6. The zero-order chi connectivity index (χ0) is 12.8. The van der Waals surface area contributed by atoms with Crippen molar-refractivity contribution in [1.29, 1.82) is 0 Å². The first kappa shape index (κ1) is 13.3. The van der Waals surface area contributed by atoms with Crippen LogP contribution in [0.2, 0.25) is 0 Å². The van der Waals surface area contributed by atoms with Gasteiger partial charge in [0.05, 0.1) is 11.8 Å². The Morgan fingerprint density at radius 3 is 3.06 bits per heavy atom. The van der Waals surface area contributed by atoms with Crippen LogP contribution in [0.4, 0.5) is 0 Å². The Bertz CT molecular complexity index is 391. The van der Waals surface area contributed by atoms with Gasteiger partial charge in [-0.05, 0) is 29.7 Å². The van der Waals surface area contributed by atoms with Crippen molar-refractivity contribution in [2.75, 3.05) is 12.3 Å². The van der Waals surface area contributed by atoms with E-state index in [0.717, 1.165) is 37.4 Å². The van der Waals surface area contributed by atoms with Gasteiger partial charge in [-0.15, -0.1) is 5.10 Å². The average molecular weight is 269 g/mol. The highest BCUT2D eigenvalue weighted by molar-refractivity contribution is 7.99. The fraction of sp³-hybridized carbons (Fsp3) is 0.818. The number of hydrogen-bond acceptors (Lipinski definition) is 5. The molecule has 0 bridgehead atoms. The summed E-state index contributed by atoms with van der Waals surface area (Å²) in [6.45, 7) is 2.91. The van der Waals surface area contributed by atoms with Gasteiger partial charge in [0.1, 0.15) is 0 Å². The van der Waals surface area contributed by atoms with Crippen LogP contribution in [0.1, 0.15) is 45.1 Å². The van der Waals surface area contributed by atoms with Crippen molar-refractivity contribution in [3.8, 4) is 0 Å². The summed E-state index contributed by atoms with van der Waals surface area (Å²) in [4.78, 5) is 11.6. The zero-order valence-corrected chi connectivity index (χ0v) is 11.4. The third kappa shape index (κ3) is 3.97. The Kier molecular flexibility index (Phi) is 4.98. The Balaban J connectivity index is 1.67. The molecule has 0 spiro atoms. The summed E-state index contributed by atoms with van der Waals surface area (Å²) in [6, 6.07) is 0.454. The predicted molar refractivity (Wildman–Crippen MR) is 69.3 cm³/mol. The number of unbranched alkanes of at least 4 members (excludes halogenated alkanes) is 2. The highest BCUT2D eigenvalue weighted by Gasteiger charge is 2.28. The van der Waals surface area contributed by atoms with Crippen LogP contribution in [0.5, 0.6) is 0 Å². The van der Waals surface area contributed by atoms with Gasteiger partial charge >= 0.3 is 0 Å². The molecule has 0 saturated heterocycles. The minimum atomic E-state index is 0.0569. The van der Waals surface area contributed by atoms with Crippen LogP contribution in [-0.4, -0.2) is 38.4 Å². The predicted octanol–water partition coefficient (Wildman–Crippen LogP) is 1.41. The summed E-state index contributed by atoms with van der Waals surface area (Å²) < 4.78 is 1.83. The van der Waals surface area contributed by atoms with E-state index in [2.05, 4.69) is 27.8 Å². The van der Waals surface area contributed by atoms with E-state index in [-0.39, 0.29) is 5.91 Å². The van der Waals surface area contributed by atoms with Crippen molar-refractivity contribution in [3.05, 3.63) is 0 Å². The second kappa shape index (κ2) is 6.72. The molecule has 0 aliphatic heterocycles. The van der Waals surface area contributed by atoms with Crippen molar-refractivity contribution in [3.63, 3.8) is 0 Å². The highest BCUT2D eigenvalue weighted by atomic mass is 32.2. The Morgan fingerprint density at radius 1 is 1.50 bits per heavy atom. The first-order valence-electron chi connectivity index (χ1n) is 6.48. The molecule has 1 saturated carbocycles. The summed E-state index contributed by atoms with van der Waals surface area (Å²) in [5.74, 6) is 0.445. The van der Waals surface area contributed by atoms with Gasteiger partial charge in [-0.3, -0.25) is 4.79 Å². The number of thioether (sulfide) groups is 1. The number of hydrogen-bond donors (Lipinski definition) is 1. The van der Waals surface area contributed by atoms with Gasteiger partial charge in [-0.25, -0.2) is 4.68 Å². The molecule has 6 nitrogen and oxygen atoms in total. The molecular weight excluding hydrogens is 250 g/mol. The lowest BCUT2D eigenvalue weighted by atomic mass is 10.2. The minimum absolute atomic E-state index is 0.0569. The standard InChI is InChI=1S/C11H19N5OS/c1-2-3-4-7-12-10(17)8-18-11-13-14-15-16(11)9-5-6-9/h9H,2-8H2,1H3,(H,12,17). The molecule has 1 aromatic rings. The maximum absolute atomic E-state index is 11.6. The molecular formula is C11H19N5OS. The van der Waals surface area contributed by atoms with Gasteiger partial charge in [0.25, 0.3) is 0 Å². The molecule has 1 amide bonds. The molecule has 100 valence electrons. The van der Waals surface area contributed by atoms with E-state index in [0.29, 0.717) is 11.8 Å². The molecule has 0 atom stereocenters. The third-order valence-electron chi connectivity index (χ3n) is 2.79. The van der Waals surface area contributed by atoms with Crippen LogP contribution in [0.25, 0.3) is 0 Å². The monoisotopic (exact) mass is 269 g/mol. The molecule has 1 fully saturated rings. The molecule has 7 heteroatoms. The quantitative estimate of drug-likeness (QED) is 0.570. The second-order valence-electron chi connectivity index (χ2n) is 4.48. The minimum Gasteiger partial charge on any atom is -0.355 e. The number of amides is 1. The first-order valence-corrected chi connectivity index (χ1v) is 7.47. The van der Waals surface area contributed by atoms with E-state index in [1.165, 1.54) is 18.2 Å². The zero-order valence-electron chi connectivity index (χ0n) is 10.6. The average Bonchev–Trinajstić information content (AvgIpc) is 3.11. The number of carbonyl (C=O) groups is 1. The van der Waals surface area contributed by atoms with Crippen molar-refractivity contribution in [2.45, 2.75) is 50.2 Å². The van der Waals surface area contributed by atoms with Gasteiger partial charge in [0.15, 0.2) is 0 Å². The number of rotatable bonds is 8. The molecule has 1 aromatic heterocycles. The molecule has 2 rings (SSSR count). The van der Waals surface area contributed by atoms with E-state index in [1.54, 1.807) is 0 Å². The molecule has 18 heavy (non-hydrogen) atoms. The molecule has 0 unspecified atom stereocenters. The number of nitrogens with one attached hydrogen (secondary N) is 1. The third-order valence-corrected chi connectivity index (χ3v) is 3.72. The Morgan fingerprint density at radius 2 is 2.33 bits per heavy atom. The molecule has 0 aromatic carbocycles. The van der Waals surface area contributed by atoms with Crippen LogP contribution in [-0.2, 0) is 4.79 Å². The van der Waals surface area contributed by atoms with Crippen LogP contribution in [0, 0.1) is 0 Å². The number of nitrogens with zero attached hydrogens (tertiary/aromatic N) is 4. The number of tetrazole rings is 1. The van der Waals surface area contributed by atoms with E-state index in [9.17, 15) is 4.79 Å². The molecule has 1 N–H and O–H groups in total. The molecule has 0 radical (unpaired) electrons. The van der Waals surface area contributed by atoms with Crippen molar-refractivity contribution < 1.29 is 4.79 Å². The number of aromatic nitrogens is 4. The SMILES string of the molecule is CCCCCNC(=O)CSc1nnnn1C1CC1. The first-order chi connectivity index (χ1) is 8.81. The van der Waals surface area contributed by atoms with E-state index in [4.69, 9.17) is 0 Å². The summed E-state index contributed by atoms with van der Waals surface area (Å²) in [6.07, 6.45) is 5.66. The number of carbonyl (C=O) groups excluding carboxylic acids is 1. The molecule has 1 heterocycles. The fourth-order valence-corrected chi connectivity index (χ4v) is 2.39. The smallest absolute Gasteiger partial charge is 0.230 e. The second-order valence-corrected chi connectivity index (χ2v) is 5.43. The van der Waals surface area contributed by atoms with E-state index in [1.807, 2.05) is 4.68 Å². The van der Waals surface area contributed by atoms with Crippen molar-refractivity contribution in [2.24, 2.45) is 0 Å². The Labute approximate surface area is 111 Å².